The Bertz CT molecular complexity index is 740. The molecule has 0 aliphatic heterocycles. The van der Waals surface area contributed by atoms with E-state index < -0.39 is 15.2 Å². The van der Waals surface area contributed by atoms with E-state index in [9.17, 15) is 8.42 Å². The summed E-state index contributed by atoms with van der Waals surface area (Å²) in [6.07, 6.45) is 1.17. The number of ether oxygens (including phenoxy) is 1. The minimum atomic E-state index is -3.21. The van der Waals surface area contributed by atoms with E-state index in [1.54, 1.807) is 43.5 Å². The second kappa shape index (κ2) is 6.26. The molecule has 0 bridgehead atoms. The predicted octanol–water partition coefficient (Wildman–Crippen LogP) is 4.08. The maximum atomic E-state index is 11.4. The molecule has 0 fully saturated rings. The summed E-state index contributed by atoms with van der Waals surface area (Å²) in [6.45, 7) is 0. The smallest absolute Gasteiger partial charge is 0.175 e. The van der Waals surface area contributed by atoms with Gasteiger partial charge in [-0.25, -0.2) is 8.42 Å². The summed E-state index contributed by atoms with van der Waals surface area (Å²) < 4.78 is 28.0. The number of hydrogen-bond acceptors (Lipinski definition) is 3. The van der Waals surface area contributed by atoms with Crippen LogP contribution in [-0.2, 0) is 9.84 Å². The van der Waals surface area contributed by atoms with Crippen LogP contribution in [0.3, 0.4) is 0 Å². The first kappa shape index (κ1) is 16.1. The Hall–Kier alpha value is -1.23. The first-order valence-electron chi connectivity index (χ1n) is 6.10. The molecule has 0 spiro atoms. The SMILES string of the molecule is COc1ccc(C(Cl)c2ccc(S(C)(=O)=O)cc2)cc1Cl. The van der Waals surface area contributed by atoms with Gasteiger partial charge in [-0.2, -0.15) is 0 Å². The number of hydrogen-bond donors (Lipinski definition) is 0. The highest BCUT2D eigenvalue weighted by Crippen LogP contribution is 2.34. The largest absolute Gasteiger partial charge is 0.495 e. The van der Waals surface area contributed by atoms with Gasteiger partial charge in [0.25, 0.3) is 0 Å². The summed E-state index contributed by atoms with van der Waals surface area (Å²) in [6, 6.07) is 11.8. The molecule has 0 N–H and O–H groups in total. The lowest BCUT2D eigenvalue weighted by molar-refractivity contribution is 0.415. The third-order valence-corrected chi connectivity index (χ3v) is 5.00. The Balaban J connectivity index is 2.31. The molecule has 2 aromatic carbocycles. The minimum absolute atomic E-state index is 0.267. The third-order valence-electron chi connectivity index (χ3n) is 3.07. The molecule has 21 heavy (non-hydrogen) atoms. The molecule has 2 aromatic rings. The van der Waals surface area contributed by atoms with E-state index in [4.69, 9.17) is 27.9 Å². The maximum Gasteiger partial charge on any atom is 0.175 e. The Morgan fingerprint density at radius 1 is 1.05 bits per heavy atom. The molecule has 0 aliphatic carbocycles. The van der Waals surface area contributed by atoms with Crippen molar-refractivity contribution in [1.82, 2.24) is 0 Å². The van der Waals surface area contributed by atoms with Crippen LogP contribution < -0.4 is 4.74 Å². The van der Waals surface area contributed by atoms with Crippen molar-refractivity contribution in [3.63, 3.8) is 0 Å². The second-order valence-electron chi connectivity index (χ2n) is 4.60. The average Bonchev–Trinajstić information content (AvgIpc) is 2.45. The lowest BCUT2D eigenvalue weighted by atomic mass is 10.0. The van der Waals surface area contributed by atoms with Crippen LogP contribution in [0.15, 0.2) is 47.4 Å². The summed E-state index contributed by atoms with van der Waals surface area (Å²) in [7, 11) is -1.66. The molecule has 2 rings (SSSR count). The highest BCUT2D eigenvalue weighted by molar-refractivity contribution is 7.90. The van der Waals surface area contributed by atoms with E-state index in [-0.39, 0.29) is 4.90 Å². The van der Waals surface area contributed by atoms with Crippen molar-refractivity contribution >= 4 is 33.0 Å². The molecule has 0 saturated heterocycles. The van der Waals surface area contributed by atoms with Gasteiger partial charge in [0.2, 0.25) is 0 Å². The van der Waals surface area contributed by atoms with Crippen molar-refractivity contribution in [2.75, 3.05) is 13.4 Å². The van der Waals surface area contributed by atoms with E-state index in [1.807, 2.05) is 6.07 Å². The summed E-state index contributed by atoms with van der Waals surface area (Å²) in [4.78, 5) is 0.267. The molecule has 1 atom stereocenters. The van der Waals surface area contributed by atoms with Gasteiger partial charge in [0.15, 0.2) is 9.84 Å². The van der Waals surface area contributed by atoms with Crippen molar-refractivity contribution in [2.24, 2.45) is 0 Å². The first-order chi connectivity index (χ1) is 9.82. The standard InChI is InChI=1S/C15H14Cl2O3S/c1-20-14-8-5-11(9-13(14)16)15(17)10-3-6-12(7-4-10)21(2,18)19/h3-9,15H,1-2H3. The van der Waals surface area contributed by atoms with E-state index in [1.165, 1.54) is 6.26 Å². The summed E-state index contributed by atoms with van der Waals surface area (Å²) in [5, 5.41) is 0.0652. The number of halogens is 2. The highest BCUT2D eigenvalue weighted by Gasteiger charge is 2.14. The van der Waals surface area contributed by atoms with Crippen LogP contribution in [0.2, 0.25) is 5.02 Å². The van der Waals surface area contributed by atoms with Crippen LogP contribution in [0.5, 0.6) is 5.75 Å². The van der Waals surface area contributed by atoms with Crippen molar-refractivity contribution in [1.29, 1.82) is 0 Å². The number of sulfone groups is 1. The first-order valence-corrected chi connectivity index (χ1v) is 8.81. The summed E-state index contributed by atoms with van der Waals surface area (Å²) in [5.74, 6) is 0.580. The van der Waals surface area contributed by atoms with Crippen LogP contribution >= 0.6 is 23.2 Å². The molecule has 0 radical (unpaired) electrons. The third kappa shape index (κ3) is 3.70. The topological polar surface area (TPSA) is 43.4 Å². The Labute approximate surface area is 134 Å². The zero-order valence-corrected chi connectivity index (χ0v) is 13.8. The fraction of sp³-hybridized carbons (Fsp3) is 0.200. The van der Waals surface area contributed by atoms with Gasteiger partial charge in [-0.3, -0.25) is 0 Å². The number of rotatable bonds is 4. The fourth-order valence-electron chi connectivity index (χ4n) is 1.92. The molecule has 0 saturated carbocycles. The zero-order valence-electron chi connectivity index (χ0n) is 11.5. The van der Waals surface area contributed by atoms with Crippen LogP contribution in [0.25, 0.3) is 0 Å². The highest BCUT2D eigenvalue weighted by atomic mass is 35.5. The van der Waals surface area contributed by atoms with Crippen molar-refractivity contribution in [2.45, 2.75) is 10.3 Å². The summed E-state index contributed by atoms with van der Waals surface area (Å²) in [5.41, 5.74) is 1.61. The molecular formula is C15H14Cl2O3S. The molecule has 0 aromatic heterocycles. The quantitative estimate of drug-likeness (QED) is 0.785. The van der Waals surface area contributed by atoms with E-state index >= 15 is 0 Å². The molecule has 3 nitrogen and oxygen atoms in total. The van der Waals surface area contributed by atoms with Crippen LogP contribution in [0, 0.1) is 0 Å². The fourth-order valence-corrected chi connectivity index (χ4v) is 3.09. The van der Waals surface area contributed by atoms with Crippen LogP contribution in [0.1, 0.15) is 16.5 Å². The van der Waals surface area contributed by atoms with Crippen molar-refractivity contribution in [3.05, 3.63) is 58.6 Å². The average molecular weight is 345 g/mol. The predicted molar refractivity (Wildman–Crippen MR) is 85.3 cm³/mol. The van der Waals surface area contributed by atoms with Crippen molar-refractivity contribution < 1.29 is 13.2 Å². The zero-order chi connectivity index (χ0) is 15.6. The van der Waals surface area contributed by atoms with Gasteiger partial charge in [0.05, 0.1) is 22.4 Å². The van der Waals surface area contributed by atoms with Gasteiger partial charge in [-0.1, -0.05) is 29.8 Å². The van der Waals surface area contributed by atoms with Gasteiger partial charge in [0, 0.05) is 6.26 Å². The molecule has 6 heteroatoms. The Kier molecular flexibility index (Phi) is 4.81. The Morgan fingerprint density at radius 3 is 2.10 bits per heavy atom. The lowest BCUT2D eigenvalue weighted by Crippen LogP contribution is -1.99. The van der Waals surface area contributed by atoms with Crippen LogP contribution in [-0.4, -0.2) is 21.8 Å². The van der Waals surface area contributed by atoms with Gasteiger partial charge in [-0.15, -0.1) is 11.6 Å². The number of benzene rings is 2. The lowest BCUT2D eigenvalue weighted by Gasteiger charge is -2.12. The van der Waals surface area contributed by atoms with Gasteiger partial charge in [-0.05, 0) is 35.4 Å². The van der Waals surface area contributed by atoms with Gasteiger partial charge < -0.3 is 4.74 Å². The molecule has 1 unspecified atom stereocenters. The minimum Gasteiger partial charge on any atom is -0.495 e. The molecule has 112 valence electrons. The van der Waals surface area contributed by atoms with E-state index in [2.05, 4.69) is 0 Å². The molecule has 0 amide bonds. The van der Waals surface area contributed by atoms with E-state index in [0.717, 1.165) is 11.1 Å². The maximum absolute atomic E-state index is 11.4. The van der Waals surface area contributed by atoms with Gasteiger partial charge in [0.1, 0.15) is 5.75 Å². The number of methoxy groups -OCH3 is 1. The monoisotopic (exact) mass is 344 g/mol. The second-order valence-corrected chi connectivity index (χ2v) is 7.46. The van der Waals surface area contributed by atoms with E-state index in [0.29, 0.717) is 10.8 Å². The molecular weight excluding hydrogens is 331 g/mol. The Morgan fingerprint density at radius 2 is 1.62 bits per heavy atom. The van der Waals surface area contributed by atoms with Crippen molar-refractivity contribution in [3.8, 4) is 5.75 Å². The van der Waals surface area contributed by atoms with Crippen LogP contribution in [0.4, 0.5) is 0 Å². The normalized spacial score (nSPS) is 13.0. The molecule has 0 heterocycles. The van der Waals surface area contributed by atoms with Gasteiger partial charge >= 0.3 is 0 Å². The summed E-state index contributed by atoms with van der Waals surface area (Å²) >= 11 is 12.5. The number of alkyl halides is 1. The molecule has 0 aliphatic rings.